The quantitative estimate of drug-likeness (QED) is 0.880. The maximum absolute atomic E-state index is 12.5. The van der Waals surface area contributed by atoms with Gasteiger partial charge in [0.15, 0.2) is 0 Å². The van der Waals surface area contributed by atoms with E-state index < -0.39 is 6.04 Å². The number of urea groups is 1. The Labute approximate surface area is 130 Å². The van der Waals surface area contributed by atoms with Gasteiger partial charge in [0.05, 0.1) is 17.9 Å². The van der Waals surface area contributed by atoms with Gasteiger partial charge in [-0.3, -0.25) is 9.78 Å². The lowest BCUT2D eigenvalue weighted by Gasteiger charge is -2.31. The second-order valence-electron chi connectivity index (χ2n) is 5.52. The molecule has 0 radical (unpaired) electrons. The van der Waals surface area contributed by atoms with Crippen LogP contribution in [0, 0.1) is 5.92 Å². The van der Waals surface area contributed by atoms with Crippen molar-refractivity contribution in [3.8, 4) is 0 Å². The molecular weight excluding hydrogens is 282 g/mol. The molecule has 3 amide bonds. The van der Waals surface area contributed by atoms with Crippen LogP contribution in [0.5, 0.6) is 0 Å². The number of nitrogens with zero attached hydrogens (tertiary/aromatic N) is 3. The van der Waals surface area contributed by atoms with Gasteiger partial charge in [0.2, 0.25) is 0 Å². The van der Waals surface area contributed by atoms with E-state index >= 15 is 0 Å². The van der Waals surface area contributed by atoms with Crippen molar-refractivity contribution < 1.29 is 9.59 Å². The van der Waals surface area contributed by atoms with Gasteiger partial charge in [0.1, 0.15) is 0 Å². The lowest BCUT2D eigenvalue weighted by atomic mass is 9.99. The van der Waals surface area contributed by atoms with Gasteiger partial charge in [0, 0.05) is 19.3 Å². The van der Waals surface area contributed by atoms with Gasteiger partial charge in [-0.1, -0.05) is 20.3 Å². The summed E-state index contributed by atoms with van der Waals surface area (Å²) in [6, 6.07) is 2.56. The van der Waals surface area contributed by atoms with Crippen molar-refractivity contribution in [1.29, 1.82) is 0 Å². The predicted molar refractivity (Wildman–Crippen MR) is 83.7 cm³/mol. The molecule has 0 bridgehead atoms. The maximum Gasteiger partial charge on any atom is 0.340 e. The number of hydrogen-bond donors (Lipinski definition) is 2. The number of rotatable bonds is 4. The summed E-state index contributed by atoms with van der Waals surface area (Å²) in [6.45, 7) is 4.96. The topological polar surface area (TPSA) is 91.6 Å². The van der Waals surface area contributed by atoms with Gasteiger partial charge in [0.25, 0.3) is 5.91 Å². The number of carbonyl (C=O) groups excluding carboxylic acids is 2. The van der Waals surface area contributed by atoms with E-state index in [-0.39, 0.29) is 17.9 Å². The Balaban J connectivity index is 2.03. The molecule has 1 aromatic rings. The molecule has 2 unspecified atom stereocenters. The second-order valence-corrected chi connectivity index (χ2v) is 5.52. The number of pyridine rings is 1. The fraction of sp³-hybridized carbons (Fsp3) is 0.533. The average molecular weight is 305 g/mol. The van der Waals surface area contributed by atoms with Crippen molar-refractivity contribution in [2.45, 2.75) is 32.7 Å². The summed E-state index contributed by atoms with van der Waals surface area (Å²) in [6.07, 6.45) is 4.76. The summed E-state index contributed by atoms with van der Waals surface area (Å²) in [5, 5.41) is 5.63. The number of hydrogen-bond acceptors (Lipinski definition) is 4. The smallest absolute Gasteiger partial charge is 0.320 e. The first-order chi connectivity index (χ1) is 10.5. The molecule has 120 valence electrons. The molecule has 7 nitrogen and oxygen atoms in total. The molecule has 7 heteroatoms. The minimum Gasteiger partial charge on any atom is -0.320 e. The van der Waals surface area contributed by atoms with Crippen LogP contribution in [0.3, 0.4) is 0 Å². The molecule has 0 spiro atoms. The zero-order chi connectivity index (χ0) is 16.1. The van der Waals surface area contributed by atoms with E-state index in [1.165, 1.54) is 10.0 Å². The molecule has 1 saturated heterocycles. The Kier molecular flexibility index (Phi) is 5.32. The van der Waals surface area contributed by atoms with Crippen molar-refractivity contribution in [3.05, 3.63) is 24.5 Å². The maximum atomic E-state index is 12.5. The van der Waals surface area contributed by atoms with E-state index in [1.54, 1.807) is 24.5 Å². The largest absolute Gasteiger partial charge is 0.340 e. The highest BCUT2D eigenvalue weighted by Gasteiger charge is 2.34. The summed E-state index contributed by atoms with van der Waals surface area (Å²) in [4.78, 5) is 28.8. The van der Waals surface area contributed by atoms with Crippen LogP contribution in [0.15, 0.2) is 24.5 Å². The molecule has 2 heterocycles. The van der Waals surface area contributed by atoms with E-state index in [9.17, 15) is 9.59 Å². The molecule has 0 aliphatic carbocycles. The molecule has 2 atom stereocenters. The Bertz CT molecular complexity index is 522. The van der Waals surface area contributed by atoms with Gasteiger partial charge < -0.3 is 11.1 Å². The van der Waals surface area contributed by atoms with E-state index in [2.05, 4.69) is 10.3 Å². The molecule has 22 heavy (non-hydrogen) atoms. The summed E-state index contributed by atoms with van der Waals surface area (Å²) in [5.74, 6) is -0.121. The number of amides is 3. The molecule has 1 fully saturated rings. The van der Waals surface area contributed by atoms with Gasteiger partial charge in [-0.25, -0.2) is 14.8 Å². The molecule has 0 aromatic carbocycles. The Morgan fingerprint density at radius 3 is 2.77 bits per heavy atom. The lowest BCUT2D eigenvalue weighted by molar-refractivity contribution is -0.142. The third-order valence-corrected chi connectivity index (χ3v) is 3.98. The normalized spacial score (nSPS) is 17.2. The number of nitrogens with two attached hydrogens (primary N) is 1. The van der Waals surface area contributed by atoms with Crippen molar-refractivity contribution in [1.82, 2.24) is 15.0 Å². The zero-order valence-electron chi connectivity index (χ0n) is 13.0. The molecule has 0 saturated carbocycles. The average Bonchev–Trinajstić information content (AvgIpc) is 3.03. The van der Waals surface area contributed by atoms with Gasteiger partial charge in [-0.2, -0.15) is 0 Å². The minimum atomic E-state index is -0.586. The van der Waals surface area contributed by atoms with E-state index in [1.807, 2.05) is 13.8 Å². The number of aromatic nitrogens is 1. The summed E-state index contributed by atoms with van der Waals surface area (Å²) in [7, 11) is 0. The molecule has 2 rings (SSSR count). The van der Waals surface area contributed by atoms with Gasteiger partial charge >= 0.3 is 6.03 Å². The van der Waals surface area contributed by atoms with E-state index in [0.717, 1.165) is 12.8 Å². The third kappa shape index (κ3) is 3.54. The standard InChI is InChI=1S/C15H23N5O2/c1-3-11(2)13(16)14(21)19-8-5-9-20(19)15(22)18-12-6-4-7-17-10-12/h4,6-7,10-11,13H,3,5,8-9,16H2,1-2H3,(H,18,22). The predicted octanol–water partition coefficient (Wildman–Crippen LogP) is 1.44. The fourth-order valence-corrected chi connectivity index (χ4v) is 2.35. The summed E-state index contributed by atoms with van der Waals surface area (Å²) >= 11 is 0. The second kappa shape index (κ2) is 7.22. The van der Waals surface area contributed by atoms with Crippen molar-refractivity contribution in [2.75, 3.05) is 18.4 Å². The lowest BCUT2D eigenvalue weighted by Crippen LogP contribution is -2.53. The highest BCUT2D eigenvalue weighted by molar-refractivity contribution is 5.92. The Hall–Kier alpha value is -2.15. The van der Waals surface area contributed by atoms with Crippen LogP contribution in [-0.2, 0) is 4.79 Å². The van der Waals surface area contributed by atoms with Crippen molar-refractivity contribution in [3.63, 3.8) is 0 Å². The molecule has 1 aromatic heterocycles. The van der Waals surface area contributed by atoms with Crippen LogP contribution >= 0.6 is 0 Å². The summed E-state index contributed by atoms with van der Waals surface area (Å²) in [5.41, 5.74) is 6.60. The molecule has 1 aliphatic rings. The number of anilines is 1. The van der Waals surface area contributed by atoms with Crippen LogP contribution in [0.25, 0.3) is 0 Å². The van der Waals surface area contributed by atoms with Gasteiger partial charge in [-0.05, 0) is 24.5 Å². The molecule has 1 aliphatic heterocycles. The van der Waals surface area contributed by atoms with Crippen LogP contribution in [0.2, 0.25) is 0 Å². The number of carbonyl (C=O) groups is 2. The van der Waals surface area contributed by atoms with Crippen LogP contribution in [-0.4, -0.2) is 46.1 Å². The summed E-state index contributed by atoms with van der Waals surface area (Å²) < 4.78 is 0. The monoisotopic (exact) mass is 305 g/mol. The van der Waals surface area contributed by atoms with Crippen molar-refractivity contribution >= 4 is 17.6 Å². The van der Waals surface area contributed by atoms with Gasteiger partial charge in [-0.15, -0.1) is 0 Å². The van der Waals surface area contributed by atoms with Crippen LogP contribution in [0.1, 0.15) is 26.7 Å². The first-order valence-electron chi connectivity index (χ1n) is 7.60. The Morgan fingerprint density at radius 2 is 2.14 bits per heavy atom. The number of nitrogens with one attached hydrogen (secondary N) is 1. The number of hydrazine groups is 1. The Morgan fingerprint density at radius 1 is 1.41 bits per heavy atom. The third-order valence-electron chi connectivity index (χ3n) is 3.98. The minimum absolute atomic E-state index is 0.0799. The first kappa shape index (κ1) is 16.2. The fourth-order valence-electron chi connectivity index (χ4n) is 2.35. The van der Waals surface area contributed by atoms with Crippen LogP contribution in [0.4, 0.5) is 10.5 Å². The van der Waals surface area contributed by atoms with E-state index in [0.29, 0.717) is 18.8 Å². The van der Waals surface area contributed by atoms with Crippen molar-refractivity contribution in [2.24, 2.45) is 11.7 Å². The first-order valence-corrected chi connectivity index (χ1v) is 7.60. The zero-order valence-corrected chi connectivity index (χ0v) is 13.0. The molecule has 3 N–H and O–H groups in total. The van der Waals surface area contributed by atoms with Crippen LogP contribution < -0.4 is 11.1 Å². The molecular formula is C15H23N5O2. The highest BCUT2D eigenvalue weighted by atomic mass is 16.2. The highest BCUT2D eigenvalue weighted by Crippen LogP contribution is 2.17. The van der Waals surface area contributed by atoms with E-state index in [4.69, 9.17) is 5.73 Å². The SMILES string of the molecule is CCC(C)C(N)C(=O)N1CCCN1C(=O)Nc1cccnc1.